The summed E-state index contributed by atoms with van der Waals surface area (Å²) in [7, 11) is 3.72. The summed E-state index contributed by atoms with van der Waals surface area (Å²) in [5, 5.41) is 15.3. The van der Waals surface area contributed by atoms with E-state index in [0.717, 1.165) is 40.6 Å². The van der Waals surface area contributed by atoms with Crippen molar-refractivity contribution >= 4 is 28.1 Å². The highest BCUT2D eigenvalue weighted by Crippen LogP contribution is 2.38. The van der Waals surface area contributed by atoms with Crippen molar-refractivity contribution < 1.29 is 9.84 Å². The van der Waals surface area contributed by atoms with Crippen LogP contribution in [0.3, 0.4) is 0 Å². The molecule has 108 valence electrons. The first-order valence-electron chi connectivity index (χ1n) is 6.66. The molecule has 20 heavy (non-hydrogen) atoms. The predicted molar refractivity (Wildman–Crippen MR) is 85.1 cm³/mol. The number of hydrogen-bond donors (Lipinski definition) is 1. The molecule has 0 saturated carbocycles. The minimum Gasteiger partial charge on any atom is -0.495 e. The molecule has 0 spiro atoms. The molecule has 1 aliphatic rings. The Morgan fingerprint density at radius 3 is 2.75 bits per heavy atom. The third-order valence-electron chi connectivity index (χ3n) is 4.11. The first kappa shape index (κ1) is 14.1. The lowest BCUT2D eigenvalue weighted by Crippen LogP contribution is -2.41. The maximum absolute atomic E-state index is 11.0. The summed E-state index contributed by atoms with van der Waals surface area (Å²) in [5.41, 5.74) is 1.07. The molecule has 2 aromatic rings. The molecule has 3 rings (SSSR count). The summed E-state index contributed by atoms with van der Waals surface area (Å²) >= 11 is 2.26. The zero-order valence-electron chi connectivity index (χ0n) is 11.6. The lowest BCUT2D eigenvalue weighted by Gasteiger charge is -2.37. The molecular weight excluding hydrogens is 369 g/mol. The molecule has 2 aromatic heterocycles. The number of piperidine rings is 1. The summed E-state index contributed by atoms with van der Waals surface area (Å²) in [5.74, 6) is 0.698. The normalized spacial score (nSPS) is 19.4. The molecule has 1 N–H and O–H groups in total. The Morgan fingerprint density at radius 2 is 2.10 bits per heavy atom. The third-order valence-corrected chi connectivity index (χ3v) is 4.94. The van der Waals surface area contributed by atoms with Crippen LogP contribution in [-0.2, 0) is 5.60 Å². The van der Waals surface area contributed by atoms with Gasteiger partial charge in [-0.2, -0.15) is 5.10 Å². The second-order valence-corrected chi connectivity index (χ2v) is 6.57. The maximum Gasteiger partial charge on any atom is 0.143 e. The minimum atomic E-state index is -0.813. The fraction of sp³-hybridized carbons (Fsp3) is 0.500. The van der Waals surface area contributed by atoms with E-state index in [1.165, 1.54) is 0 Å². The van der Waals surface area contributed by atoms with Crippen LogP contribution in [0.5, 0.6) is 5.75 Å². The molecule has 3 heterocycles. The van der Waals surface area contributed by atoms with E-state index >= 15 is 0 Å². The van der Waals surface area contributed by atoms with Gasteiger partial charge in [-0.1, -0.05) is 0 Å². The first-order chi connectivity index (χ1) is 9.53. The highest BCUT2D eigenvalue weighted by molar-refractivity contribution is 14.1. The minimum absolute atomic E-state index is 0.698. The van der Waals surface area contributed by atoms with Gasteiger partial charge in [0.25, 0.3) is 0 Å². The van der Waals surface area contributed by atoms with Crippen molar-refractivity contribution in [2.75, 3.05) is 27.2 Å². The molecule has 0 aromatic carbocycles. The molecule has 6 heteroatoms. The molecular formula is C14H18IN3O2. The number of pyridine rings is 1. The van der Waals surface area contributed by atoms with Crippen LogP contribution in [0.15, 0.2) is 18.5 Å². The second-order valence-electron chi connectivity index (χ2n) is 5.41. The standard InChI is InChI=1S/C14H18IN3O2/c1-17-5-3-14(19,4-6-17)10-7-12-11(15)8-16-18(12)9-13(10)20-2/h7-9,19H,3-6H2,1-2H3. The molecule has 1 aliphatic heterocycles. The van der Waals surface area contributed by atoms with E-state index in [9.17, 15) is 5.11 Å². The van der Waals surface area contributed by atoms with Crippen LogP contribution in [0.4, 0.5) is 0 Å². The van der Waals surface area contributed by atoms with Crippen LogP contribution in [0.2, 0.25) is 0 Å². The zero-order valence-corrected chi connectivity index (χ0v) is 13.8. The SMILES string of the molecule is COc1cn2ncc(I)c2cc1C1(O)CCN(C)CC1. The van der Waals surface area contributed by atoms with E-state index in [1.54, 1.807) is 11.6 Å². The van der Waals surface area contributed by atoms with Crippen LogP contribution in [-0.4, -0.2) is 46.9 Å². The number of nitrogens with zero attached hydrogens (tertiary/aromatic N) is 3. The monoisotopic (exact) mass is 387 g/mol. The summed E-state index contributed by atoms with van der Waals surface area (Å²) in [6, 6.07) is 2.01. The van der Waals surface area contributed by atoms with E-state index in [2.05, 4.69) is 39.6 Å². The molecule has 5 nitrogen and oxygen atoms in total. The number of ether oxygens (including phenoxy) is 1. The Kier molecular flexibility index (Phi) is 3.64. The van der Waals surface area contributed by atoms with Crippen LogP contribution in [0.1, 0.15) is 18.4 Å². The lowest BCUT2D eigenvalue weighted by atomic mass is 9.84. The highest BCUT2D eigenvalue weighted by Gasteiger charge is 2.36. The first-order valence-corrected chi connectivity index (χ1v) is 7.74. The summed E-state index contributed by atoms with van der Waals surface area (Å²) in [6.07, 6.45) is 5.11. The van der Waals surface area contributed by atoms with Gasteiger partial charge in [0.1, 0.15) is 5.75 Å². The van der Waals surface area contributed by atoms with Gasteiger partial charge in [0.05, 0.1) is 34.2 Å². The van der Waals surface area contributed by atoms with Crippen LogP contribution >= 0.6 is 22.6 Å². The quantitative estimate of drug-likeness (QED) is 0.800. The molecule has 0 unspecified atom stereocenters. The number of likely N-dealkylation sites (tertiary alicyclic amines) is 1. The molecule has 0 aliphatic carbocycles. The molecule has 0 atom stereocenters. The number of aromatic nitrogens is 2. The van der Waals surface area contributed by atoms with Gasteiger partial charge in [-0.25, -0.2) is 4.52 Å². The van der Waals surface area contributed by atoms with Gasteiger partial charge in [0.15, 0.2) is 0 Å². The number of hydrogen-bond acceptors (Lipinski definition) is 4. The van der Waals surface area contributed by atoms with E-state index in [-0.39, 0.29) is 0 Å². The van der Waals surface area contributed by atoms with Crippen molar-refractivity contribution in [2.45, 2.75) is 18.4 Å². The number of fused-ring (bicyclic) bond motifs is 1. The van der Waals surface area contributed by atoms with Crippen molar-refractivity contribution in [3.05, 3.63) is 27.6 Å². The van der Waals surface area contributed by atoms with Gasteiger partial charge < -0.3 is 14.7 Å². The van der Waals surface area contributed by atoms with Gasteiger partial charge >= 0.3 is 0 Å². The van der Waals surface area contributed by atoms with Crippen molar-refractivity contribution in [1.29, 1.82) is 0 Å². The van der Waals surface area contributed by atoms with E-state index < -0.39 is 5.60 Å². The summed E-state index contributed by atoms with van der Waals surface area (Å²) in [6.45, 7) is 1.78. The van der Waals surface area contributed by atoms with Gasteiger partial charge in [0.2, 0.25) is 0 Å². The fourth-order valence-electron chi connectivity index (χ4n) is 2.76. The molecule has 0 bridgehead atoms. The summed E-state index contributed by atoms with van der Waals surface area (Å²) < 4.78 is 8.34. The van der Waals surface area contributed by atoms with Gasteiger partial charge in [0, 0.05) is 18.7 Å². The van der Waals surface area contributed by atoms with E-state index in [0.29, 0.717) is 5.75 Å². The van der Waals surface area contributed by atoms with Gasteiger partial charge in [-0.05, 0) is 48.5 Å². The average Bonchev–Trinajstić information content (AvgIpc) is 2.82. The lowest BCUT2D eigenvalue weighted by molar-refractivity contribution is -0.0219. The van der Waals surface area contributed by atoms with E-state index in [4.69, 9.17) is 4.74 Å². The van der Waals surface area contributed by atoms with Crippen molar-refractivity contribution in [2.24, 2.45) is 0 Å². The Hall–Kier alpha value is -0.860. The Labute approximate surface area is 131 Å². The highest BCUT2D eigenvalue weighted by atomic mass is 127. The Balaban J connectivity index is 2.11. The molecule has 0 amide bonds. The number of rotatable bonds is 2. The third kappa shape index (κ3) is 2.29. The van der Waals surface area contributed by atoms with E-state index in [1.807, 2.05) is 18.5 Å². The summed E-state index contributed by atoms with van der Waals surface area (Å²) in [4.78, 5) is 2.24. The Bertz CT molecular complexity index is 633. The molecule has 0 radical (unpaired) electrons. The smallest absolute Gasteiger partial charge is 0.143 e. The molecule has 1 fully saturated rings. The van der Waals surface area contributed by atoms with Crippen molar-refractivity contribution in [1.82, 2.24) is 14.5 Å². The largest absolute Gasteiger partial charge is 0.495 e. The van der Waals surface area contributed by atoms with Crippen molar-refractivity contribution in [3.63, 3.8) is 0 Å². The maximum atomic E-state index is 11.0. The zero-order chi connectivity index (χ0) is 14.3. The van der Waals surface area contributed by atoms with Crippen LogP contribution in [0, 0.1) is 3.57 Å². The van der Waals surface area contributed by atoms with Gasteiger partial charge in [-0.15, -0.1) is 0 Å². The number of halogens is 1. The molecule has 1 saturated heterocycles. The topological polar surface area (TPSA) is 50.0 Å². The van der Waals surface area contributed by atoms with Crippen LogP contribution < -0.4 is 4.74 Å². The second kappa shape index (κ2) is 5.16. The van der Waals surface area contributed by atoms with Crippen LogP contribution in [0.25, 0.3) is 5.52 Å². The average molecular weight is 387 g/mol. The van der Waals surface area contributed by atoms with Gasteiger partial charge in [-0.3, -0.25) is 0 Å². The number of aliphatic hydroxyl groups is 1. The number of methoxy groups -OCH3 is 1. The predicted octanol–water partition coefficient (Wildman–Crippen LogP) is 1.86. The van der Waals surface area contributed by atoms with Crippen molar-refractivity contribution in [3.8, 4) is 5.75 Å². The fourth-order valence-corrected chi connectivity index (χ4v) is 3.29. The Morgan fingerprint density at radius 1 is 1.40 bits per heavy atom.